The third kappa shape index (κ3) is 4.84. The highest BCUT2D eigenvalue weighted by molar-refractivity contribution is 5.39. The zero-order valence-electron chi connectivity index (χ0n) is 11.9. The van der Waals surface area contributed by atoms with Gasteiger partial charge in [-0.1, -0.05) is 25.5 Å². The predicted molar refractivity (Wildman–Crippen MR) is 77.7 cm³/mol. The monoisotopic (exact) mass is 263 g/mol. The molecule has 0 spiro atoms. The van der Waals surface area contributed by atoms with E-state index in [0.717, 1.165) is 51.5 Å². The van der Waals surface area contributed by atoms with E-state index in [9.17, 15) is 0 Å². The second-order valence-corrected chi connectivity index (χ2v) is 5.04. The minimum Gasteiger partial charge on any atom is -0.493 e. The highest BCUT2D eigenvalue weighted by Gasteiger charge is 2.11. The van der Waals surface area contributed by atoms with Crippen LogP contribution in [0.1, 0.15) is 37.3 Å². The van der Waals surface area contributed by atoms with Gasteiger partial charge in [0.2, 0.25) is 0 Å². The Morgan fingerprint density at radius 1 is 1.26 bits per heavy atom. The number of rotatable bonds is 9. The molecule has 0 saturated carbocycles. The van der Waals surface area contributed by atoms with E-state index in [1.807, 2.05) is 0 Å². The van der Waals surface area contributed by atoms with Crippen LogP contribution in [0, 0.1) is 0 Å². The summed E-state index contributed by atoms with van der Waals surface area (Å²) in [6, 6.07) is 6.50. The molecule has 19 heavy (non-hydrogen) atoms. The molecule has 106 valence electrons. The van der Waals surface area contributed by atoms with E-state index in [2.05, 4.69) is 30.4 Å². The van der Waals surface area contributed by atoms with Crippen LogP contribution in [0.3, 0.4) is 0 Å². The smallest absolute Gasteiger partial charge is 0.122 e. The number of nitrogens with one attached hydrogen (secondary N) is 1. The van der Waals surface area contributed by atoms with Crippen molar-refractivity contribution in [2.24, 2.45) is 0 Å². The summed E-state index contributed by atoms with van der Waals surface area (Å²) in [7, 11) is 0. The van der Waals surface area contributed by atoms with Crippen molar-refractivity contribution in [2.45, 2.75) is 39.2 Å². The van der Waals surface area contributed by atoms with E-state index >= 15 is 0 Å². The fourth-order valence-corrected chi connectivity index (χ4v) is 2.23. The zero-order chi connectivity index (χ0) is 13.3. The summed E-state index contributed by atoms with van der Waals surface area (Å²) in [6.45, 7) is 6.74. The molecule has 0 radical (unpaired) electrons. The molecule has 1 aliphatic heterocycles. The number of unbranched alkanes of at least 4 members (excludes halogenated alkanes) is 1. The maximum Gasteiger partial charge on any atom is 0.122 e. The first-order chi connectivity index (χ1) is 9.40. The SMILES string of the molecule is CCCCOCCCNCc1ccc2c(c1)CCO2. The van der Waals surface area contributed by atoms with Gasteiger partial charge in [0.15, 0.2) is 0 Å². The lowest BCUT2D eigenvalue weighted by Gasteiger charge is -2.07. The summed E-state index contributed by atoms with van der Waals surface area (Å²) in [4.78, 5) is 0. The lowest BCUT2D eigenvalue weighted by atomic mass is 10.1. The lowest BCUT2D eigenvalue weighted by molar-refractivity contribution is 0.129. The zero-order valence-corrected chi connectivity index (χ0v) is 11.9. The fraction of sp³-hybridized carbons (Fsp3) is 0.625. The molecule has 2 rings (SSSR count). The summed E-state index contributed by atoms with van der Waals surface area (Å²) >= 11 is 0. The van der Waals surface area contributed by atoms with Gasteiger partial charge in [-0.25, -0.2) is 0 Å². The van der Waals surface area contributed by atoms with E-state index in [4.69, 9.17) is 9.47 Å². The van der Waals surface area contributed by atoms with Crippen LogP contribution < -0.4 is 10.1 Å². The van der Waals surface area contributed by atoms with Crippen molar-refractivity contribution < 1.29 is 9.47 Å². The molecule has 0 aromatic heterocycles. The molecular formula is C16H25NO2. The van der Waals surface area contributed by atoms with Gasteiger partial charge in [-0.3, -0.25) is 0 Å². The van der Waals surface area contributed by atoms with Gasteiger partial charge in [-0.2, -0.15) is 0 Å². The first-order valence-electron chi connectivity index (χ1n) is 7.43. The van der Waals surface area contributed by atoms with Crippen molar-refractivity contribution in [1.29, 1.82) is 0 Å². The highest BCUT2D eigenvalue weighted by atomic mass is 16.5. The van der Waals surface area contributed by atoms with E-state index in [0.29, 0.717) is 0 Å². The van der Waals surface area contributed by atoms with Crippen LogP contribution in [0.2, 0.25) is 0 Å². The van der Waals surface area contributed by atoms with E-state index in [1.54, 1.807) is 0 Å². The summed E-state index contributed by atoms with van der Waals surface area (Å²) in [6.07, 6.45) is 4.51. The number of fused-ring (bicyclic) bond motifs is 1. The second kappa shape index (κ2) is 8.18. The third-order valence-corrected chi connectivity index (χ3v) is 3.37. The molecule has 1 N–H and O–H groups in total. The number of ether oxygens (including phenoxy) is 2. The fourth-order valence-electron chi connectivity index (χ4n) is 2.23. The first kappa shape index (κ1) is 14.4. The van der Waals surface area contributed by atoms with Crippen LogP contribution in [0.25, 0.3) is 0 Å². The first-order valence-corrected chi connectivity index (χ1v) is 7.43. The Morgan fingerprint density at radius 3 is 3.05 bits per heavy atom. The van der Waals surface area contributed by atoms with Crippen molar-refractivity contribution in [1.82, 2.24) is 5.32 Å². The molecule has 0 bridgehead atoms. The van der Waals surface area contributed by atoms with Gasteiger partial charge in [0.1, 0.15) is 5.75 Å². The van der Waals surface area contributed by atoms with E-state index < -0.39 is 0 Å². The molecule has 1 heterocycles. The second-order valence-electron chi connectivity index (χ2n) is 5.04. The standard InChI is InChI=1S/C16H25NO2/c1-2-3-9-18-10-4-8-17-13-14-5-6-16-15(12-14)7-11-19-16/h5-6,12,17H,2-4,7-11,13H2,1H3. The van der Waals surface area contributed by atoms with Gasteiger partial charge in [-0.15, -0.1) is 0 Å². The Kier molecular flexibility index (Phi) is 6.18. The lowest BCUT2D eigenvalue weighted by Crippen LogP contribution is -2.16. The molecule has 3 nitrogen and oxygen atoms in total. The highest BCUT2D eigenvalue weighted by Crippen LogP contribution is 2.25. The molecule has 1 aromatic rings. The number of benzene rings is 1. The summed E-state index contributed by atoms with van der Waals surface area (Å²) < 4.78 is 11.0. The molecule has 3 heteroatoms. The Morgan fingerprint density at radius 2 is 2.16 bits per heavy atom. The van der Waals surface area contributed by atoms with E-state index in [-0.39, 0.29) is 0 Å². The van der Waals surface area contributed by atoms with E-state index in [1.165, 1.54) is 24.0 Å². The maximum atomic E-state index is 5.53. The molecule has 0 fully saturated rings. The molecule has 0 aliphatic carbocycles. The van der Waals surface area contributed by atoms with Crippen LogP contribution in [0.15, 0.2) is 18.2 Å². The van der Waals surface area contributed by atoms with Crippen molar-refractivity contribution in [3.8, 4) is 5.75 Å². The van der Waals surface area contributed by atoms with Crippen LogP contribution >= 0.6 is 0 Å². The van der Waals surface area contributed by atoms with Crippen LogP contribution in [-0.4, -0.2) is 26.4 Å². The molecule has 1 aliphatic rings. The minimum atomic E-state index is 0.835. The van der Waals surface area contributed by atoms with Gasteiger partial charge in [-0.05, 0) is 36.6 Å². The van der Waals surface area contributed by atoms with Crippen LogP contribution in [0.4, 0.5) is 0 Å². The van der Waals surface area contributed by atoms with Gasteiger partial charge in [0, 0.05) is 26.2 Å². The number of hydrogen-bond donors (Lipinski definition) is 1. The largest absolute Gasteiger partial charge is 0.493 e. The normalized spacial score (nSPS) is 13.3. The Labute approximate surface area is 116 Å². The molecule has 0 unspecified atom stereocenters. The predicted octanol–water partition coefficient (Wildman–Crippen LogP) is 2.92. The minimum absolute atomic E-state index is 0.835. The van der Waals surface area contributed by atoms with Crippen molar-refractivity contribution in [3.05, 3.63) is 29.3 Å². The Balaban J connectivity index is 1.56. The average molecular weight is 263 g/mol. The summed E-state index contributed by atoms with van der Waals surface area (Å²) in [5.74, 6) is 1.06. The van der Waals surface area contributed by atoms with Gasteiger partial charge >= 0.3 is 0 Å². The van der Waals surface area contributed by atoms with Crippen LogP contribution in [-0.2, 0) is 17.7 Å². The third-order valence-electron chi connectivity index (χ3n) is 3.37. The van der Waals surface area contributed by atoms with Gasteiger partial charge < -0.3 is 14.8 Å². The van der Waals surface area contributed by atoms with Crippen molar-refractivity contribution >= 4 is 0 Å². The molecular weight excluding hydrogens is 238 g/mol. The summed E-state index contributed by atoms with van der Waals surface area (Å²) in [5.41, 5.74) is 2.69. The average Bonchev–Trinajstić information content (AvgIpc) is 2.89. The molecule has 1 aromatic carbocycles. The molecule has 0 atom stereocenters. The maximum absolute atomic E-state index is 5.53. The molecule has 0 amide bonds. The van der Waals surface area contributed by atoms with Crippen LogP contribution in [0.5, 0.6) is 5.75 Å². The Bertz CT molecular complexity index is 379. The van der Waals surface area contributed by atoms with Crippen molar-refractivity contribution in [2.75, 3.05) is 26.4 Å². The molecule has 0 saturated heterocycles. The van der Waals surface area contributed by atoms with Gasteiger partial charge in [0.25, 0.3) is 0 Å². The quantitative estimate of drug-likeness (QED) is 0.695. The van der Waals surface area contributed by atoms with Crippen molar-refractivity contribution in [3.63, 3.8) is 0 Å². The number of hydrogen-bond acceptors (Lipinski definition) is 3. The Hall–Kier alpha value is -1.06. The topological polar surface area (TPSA) is 30.5 Å². The van der Waals surface area contributed by atoms with Gasteiger partial charge in [0.05, 0.1) is 6.61 Å². The summed E-state index contributed by atoms with van der Waals surface area (Å²) in [5, 5.41) is 3.46.